The van der Waals surface area contributed by atoms with Gasteiger partial charge in [-0.1, -0.05) is 140 Å². The van der Waals surface area contributed by atoms with Crippen LogP contribution in [0.1, 0.15) is 0 Å². The predicted octanol–water partition coefficient (Wildman–Crippen LogP) is 12.0. The molecule has 0 saturated heterocycles. The standard InChI is InChI=1S/C45H27N3O2/c1-3-12-34-28(9-1)11-7-14-35(34)29-19-23-31(24-20-29)43-46-44(32-25-21-30(22-26-32)41-27-33-10-2-5-17-39(33)49-41)48-45(47-43)38-16-8-15-37-36-13-4-6-18-40(36)50-42(37)38/h1-27H. The molecule has 0 fully saturated rings. The SMILES string of the molecule is c1ccc2oc(-c3ccc(-c4nc(-c5ccc(-c6cccc7ccccc67)cc5)nc(-c5cccc6c5oc5ccccc56)n4)cc3)cc2c1. The number of furan rings is 2. The first kappa shape index (κ1) is 28.2. The third-order valence-electron chi connectivity index (χ3n) is 9.38. The fourth-order valence-electron chi connectivity index (χ4n) is 6.86. The summed E-state index contributed by atoms with van der Waals surface area (Å²) < 4.78 is 12.5. The van der Waals surface area contributed by atoms with E-state index >= 15 is 0 Å². The zero-order chi connectivity index (χ0) is 33.0. The highest BCUT2D eigenvalue weighted by molar-refractivity contribution is 6.09. The molecule has 0 aliphatic carbocycles. The maximum absolute atomic E-state index is 6.41. The van der Waals surface area contributed by atoms with Crippen LogP contribution in [0.2, 0.25) is 0 Å². The summed E-state index contributed by atoms with van der Waals surface area (Å²) in [5.74, 6) is 2.53. The van der Waals surface area contributed by atoms with Crippen LogP contribution in [-0.4, -0.2) is 15.0 Å². The van der Waals surface area contributed by atoms with Crippen molar-refractivity contribution in [3.8, 4) is 56.6 Å². The lowest BCUT2D eigenvalue weighted by Crippen LogP contribution is -2.00. The monoisotopic (exact) mass is 641 g/mol. The second kappa shape index (κ2) is 11.4. The minimum absolute atomic E-state index is 0.550. The van der Waals surface area contributed by atoms with Gasteiger partial charge in [0.2, 0.25) is 0 Å². The van der Waals surface area contributed by atoms with Gasteiger partial charge in [-0.05, 0) is 46.2 Å². The molecule has 50 heavy (non-hydrogen) atoms. The van der Waals surface area contributed by atoms with Crippen molar-refractivity contribution in [2.45, 2.75) is 0 Å². The second-order valence-electron chi connectivity index (χ2n) is 12.4. The Bertz CT molecular complexity index is 2830. The molecule has 0 aliphatic rings. The van der Waals surface area contributed by atoms with E-state index in [1.54, 1.807) is 0 Å². The van der Waals surface area contributed by atoms with Gasteiger partial charge in [-0.2, -0.15) is 0 Å². The van der Waals surface area contributed by atoms with Crippen LogP contribution in [0.25, 0.3) is 100 Å². The van der Waals surface area contributed by atoms with Gasteiger partial charge < -0.3 is 8.83 Å². The number of aromatic nitrogens is 3. The van der Waals surface area contributed by atoms with Crippen molar-refractivity contribution in [3.63, 3.8) is 0 Å². The molecule has 7 aromatic carbocycles. The third-order valence-corrected chi connectivity index (χ3v) is 9.38. The molecule has 234 valence electrons. The second-order valence-corrected chi connectivity index (χ2v) is 12.4. The van der Waals surface area contributed by atoms with Crippen molar-refractivity contribution in [1.29, 1.82) is 0 Å². The molecule has 3 aromatic heterocycles. The Labute approximate surface area is 287 Å². The van der Waals surface area contributed by atoms with Crippen LogP contribution in [-0.2, 0) is 0 Å². The molecule has 10 aromatic rings. The number of hydrogen-bond acceptors (Lipinski definition) is 5. The first-order valence-electron chi connectivity index (χ1n) is 16.6. The average molecular weight is 642 g/mol. The van der Waals surface area contributed by atoms with Crippen molar-refractivity contribution >= 4 is 43.7 Å². The smallest absolute Gasteiger partial charge is 0.167 e. The summed E-state index contributed by atoms with van der Waals surface area (Å²) in [6.07, 6.45) is 0. The molecule has 0 N–H and O–H groups in total. The van der Waals surface area contributed by atoms with Gasteiger partial charge in [-0.25, -0.2) is 15.0 Å². The summed E-state index contributed by atoms with van der Waals surface area (Å²) in [5.41, 5.74) is 8.34. The van der Waals surface area contributed by atoms with E-state index in [1.165, 1.54) is 16.3 Å². The van der Waals surface area contributed by atoms with Gasteiger partial charge >= 0.3 is 0 Å². The van der Waals surface area contributed by atoms with Crippen LogP contribution in [0.5, 0.6) is 0 Å². The zero-order valence-electron chi connectivity index (χ0n) is 26.7. The van der Waals surface area contributed by atoms with Crippen molar-refractivity contribution < 1.29 is 8.83 Å². The molecule has 0 aliphatic heterocycles. The van der Waals surface area contributed by atoms with Crippen LogP contribution >= 0.6 is 0 Å². The summed E-state index contributed by atoms with van der Waals surface area (Å²) in [6.45, 7) is 0. The lowest BCUT2D eigenvalue weighted by molar-refractivity contribution is 0.631. The van der Waals surface area contributed by atoms with E-state index in [0.717, 1.165) is 66.5 Å². The van der Waals surface area contributed by atoms with Crippen LogP contribution in [0, 0.1) is 0 Å². The lowest BCUT2D eigenvalue weighted by atomic mass is 9.97. The topological polar surface area (TPSA) is 65.0 Å². The quantitative estimate of drug-likeness (QED) is 0.187. The minimum atomic E-state index is 0.550. The number of fused-ring (bicyclic) bond motifs is 5. The van der Waals surface area contributed by atoms with Gasteiger partial charge in [-0.3, -0.25) is 0 Å². The largest absolute Gasteiger partial charge is 0.456 e. The maximum atomic E-state index is 6.41. The summed E-state index contributed by atoms with van der Waals surface area (Å²) >= 11 is 0. The first-order chi connectivity index (χ1) is 24.7. The maximum Gasteiger partial charge on any atom is 0.167 e. The molecule has 10 rings (SSSR count). The fourth-order valence-corrected chi connectivity index (χ4v) is 6.86. The molecule has 0 amide bonds. The van der Waals surface area contributed by atoms with Crippen LogP contribution < -0.4 is 0 Å². The van der Waals surface area contributed by atoms with E-state index in [9.17, 15) is 0 Å². The molecular formula is C45H27N3O2. The Morgan fingerprint density at radius 3 is 1.64 bits per heavy atom. The highest BCUT2D eigenvalue weighted by atomic mass is 16.3. The predicted molar refractivity (Wildman–Crippen MR) is 202 cm³/mol. The minimum Gasteiger partial charge on any atom is -0.456 e. The van der Waals surface area contributed by atoms with E-state index in [0.29, 0.717) is 17.5 Å². The molecule has 0 spiro atoms. The van der Waals surface area contributed by atoms with Gasteiger partial charge in [0.15, 0.2) is 17.5 Å². The van der Waals surface area contributed by atoms with Gasteiger partial charge in [0.25, 0.3) is 0 Å². The van der Waals surface area contributed by atoms with Crippen LogP contribution in [0.3, 0.4) is 0 Å². The Hall–Kier alpha value is -6.85. The number of nitrogens with zero attached hydrogens (tertiary/aromatic N) is 3. The first-order valence-corrected chi connectivity index (χ1v) is 16.6. The highest BCUT2D eigenvalue weighted by Crippen LogP contribution is 2.37. The van der Waals surface area contributed by atoms with Crippen molar-refractivity contribution in [1.82, 2.24) is 15.0 Å². The molecule has 5 nitrogen and oxygen atoms in total. The molecule has 0 unspecified atom stereocenters. The van der Waals surface area contributed by atoms with Crippen LogP contribution in [0.15, 0.2) is 173 Å². The number of para-hydroxylation sites is 3. The summed E-state index contributed by atoms with van der Waals surface area (Å²) in [4.78, 5) is 15.2. The molecule has 0 bridgehead atoms. The summed E-state index contributed by atoms with van der Waals surface area (Å²) in [5, 5.41) is 5.59. The summed E-state index contributed by atoms with van der Waals surface area (Å²) in [7, 11) is 0. The van der Waals surface area contributed by atoms with Crippen molar-refractivity contribution in [2.24, 2.45) is 0 Å². The number of rotatable bonds is 5. The van der Waals surface area contributed by atoms with Gasteiger partial charge in [-0.15, -0.1) is 0 Å². The van der Waals surface area contributed by atoms with Gasteiger partial charge in [0.05, 0.1) is 5.56 Å². The van der Waals surface area contributed by atoms with Gasteiger partial charge in [0, 0.05) is 32.8 Å². The molecule has 0 saturated carbocycles. The Balaban J connectivity index is 1.10. The zero-order valence-corrected chi connectivity index (χ0v) is 26.7. The normalized spacial score (nSPS) is 11.6. The average Bonchev–Trinajstić information content (AvgIpc) is 3.80. The number of benzene rings is 7. The Kier molecular flexibility index (Phi) is 6.42. The Morgan fingerprint density at radius 2 is 0.880 bits per heavy atom. The van der Waals surface area contributed by atoms with E-state index in [1.807, 2.05) is 60.7 Å². The van der Waals surface area contributed by atoms with Crippen molar-refractivity contribution in [2.75, 3.05) is 0 Å². The summed E-state index contributed by atoms with van der Waals surface area (Å²) in [6, 6.07) is 55.9. The third kappa shape index (κ3) is 4.75. The Morgan fingerprint density at radius 1 is 0.340 bits per heavy atom. The molecular weight excluding hydrogens is 615 g/mol. The lowest BCUT2D eigenvalue weighted by Gasteiger charge is -2.10. The molecule has 0 radical (unpaired) electrons. The van der Waals surface area contributed by atoms with E-state index < -0.39 is 0 Å². The fraction of sp³-hybridized carbons (Fsp3) is 0. The van der Waals surface area contributed by atoms with E-state index in [-0.39, 0.29) is 0 Å². The van der Waals surface area contributed by atoms with Crippen LogP contribution in [0.4, 0.5) is 0 Å². The number of hydrogen-bond donors (Lipinski definition) is 0. The van der Waals surface area contributed by atoms with E-state index in [2.05, 4.69) is 103 Å². The molecule has 3 heterocycles. The van der Waals surface area contributed by atoms with E-state index in [4.69, 9.17) is 23.8 Å². The van der Waals surface area contributed by atoms with Crippen molar-refractivity contribution in [3.05, 3.63) is 164 Å². The molecule has 0 atom stereocenters. The molecule has 5 heteroatoms. The van der Waals surface area contributed by atoms with Gasteiger partial charge in [0.1, 0.15) is 22.5 Å². The highest BCUT2D eigenvalue weighted by Gasteiger charge is 2.18.